The molecule has 4 heteroatoms. The van der Waals surface area contributed by atoms with Gasteiger partial charge in [-0.25, -0.2) is 0 Å². The number of carbonyl (C=O) groups excluding carboxylic acids is 1. The molecule has 108 valence electrons. The van der Waals surface area contributed by atoms with E-state index in [0.717, 1.165) is 19.5 Å². The van der Waals surface area contributed by atoms with Gasteiger partial charge in [-0.15, -0.1) is 0 Å². The van der Waals surface area contributed by atoms with Crippen LogP contribution in [0.15, 0.2) is 30.5 Å². The molecule has 0 aliphatic heterocycles. The van der Waals surface area contributed by atoms with Gasteiger partial charge in [0.05, 0.1) is 19.0 Å². The molecular formula is C16H22N2O2. The molecule has 0 atom stereocenters. The van der Waals surface area contributed by atoms with Crippen molar-refractivity contribution in [2.24, 2.45) is 0 Å². The fraction of sp³-hybridized carbons (Fsp3) is 0.438. The van der Waals surface area contributed by atoms with Gasteiger partial charge in [0.15, 0.2) is 0 Å². The molecule has 0 radical (unpaired) electrons. The number of methoxy groups -OCH3 is 1. The third-order valence-corrected chi connectivity index (χ3v) is 3.40. The summed E-state index contributed by atoms with van der Waals surface area (Å²) >= 11 is 0. The van der Waals surface area contributed by atoms with Crippen LogP contribution < -0.4 is 5.32 Å². The molecule has 20 heavy (non-hydrogen) atoms. The van der Waals surface area contributed by atoms with Crippen molar-refractivity contribution in [2.45, 2.75) is 32.9 Å². The van der Waals surface area contributed by atoms with Gasteiger partial charge in [-0.1, -0.05) is 25.1 Å². The first-order valence-corrected chi connectivity index (χ1v) is 7.10. The predicted molar refractivity (Wildman–Crippen MR) is 80.6 cm³/mol. The first-order valence-electron chi connectivity index (χ1n) is 7.10. The van der Waals surface area contributed by atoms with Crippen LogP contribution in [0.2, 0.25) is 0 Å². The van der Waals surface area contributed by atoms with Gasteiger partial charge in [-0.2, -0.15) is 0 Å². The lowest BCUT2D eigenvalue weighted by molar-refractivity contribution is -0.140. The SMILES string of the molecule is CCCNCc1cccc2ccn(CCC(=O)OC)c12. The fourth-order valence-electron chi connectivity index (χ4n) is 2.38. The van der Waals surface area contributed by atoms with Gasteiger partial charge in [0.2, 0.25) is 0 Å². The van der Waals surface area contributed by atoms with Gasteiger partial charge >= 0.3 is 5.97 Å². The molecule has 0 amide bonds. The van der Waals surface area contributed by atoms with E-state index in [1.165, 1.54) is 23.6 Å². The lowest BCUT2D eigenvalue weighted by atomic mass is 10.1. The first kappa shape index (κ1) is 14.6. The molecule has 0 aliphatic carbocycles. The summed E-state index contributed by atoms with van der Waals surface area (Å²) in [4.78, 5) is 11.3. The number of aryl methyl sites for hydroxylation is 1. The van der Waals surface area contributed by atoms with E-state index < -0.39 is 0 Å². The molecular weight excluding hydrogens is 252 g/mol. The summed E-state index contributed by atoms with van der Waals surface area (Å²) in [5, 5.41) is 4.65. The lowest BCUT2D eigenvalue weighted by Gasteiger charge is -2.10. The van der Waals surface area contributed by atoms with Crippen LogP contribution in [0.4, 0.5) is 0 Å². The van der Waals surface area contributed by atoms with E-state index in [0.29, 0.717) is 13.0 Å². The second-order valence-electron chi connectivity index (χ2n) is 4.87. The summed E-state index contributed by atoms with van der Waals surface area (Å²) in [5.74, 6) is -0.173. The number of nitrogens with one attached hydrogen (secondary N) is 1. The lowest BCUT2D eigenvalue weighted by Crippen LogP contribution is -2.15. The molecule has 1 aromatic heterocycles. The minimum atomic E-state index is -0.173. The number of para-hydroxylation sites is 1. The highest BCUT2D eigenvalue weighted by Crippen LogP contribution is 2.20. The van der Waals surface area contributed by atoms with Gasteiger partial charge < -0.3 is 14.6 Å². The zero-order valence-electron chi connectivity index (χ0n) is 12.2. The largest absolute Gasteiger partial charge is 0.469 e. The van der Waals surface area contributed by atoms with E-state index >= 15 is 0 Å². The van der Waals surface area contributed by atoms with Crippen molar-refractivity contribution in [3.05, 3.63) is 36.0 Å². The maximum atomic E-state index is 11.3. The van der Waals surface area contributed by atoms with Crippen molar-refractivity contribution in [3.8, 4) is 0 Å². The summed E-state index contributed by atoms with van der Waals surface area (Å²) in [5.41, 5.74) is 2.48. The Morgan fingerprint density at radius 1 is 1.35 bits per heavy atom. The quantitative estimate of drug-likeness (QED) is 0.623. The molecule has 1 aromatic carbocycles. The van der Waals surface area contributed by atoms with Crippen LogP contribution in [-0.2, 0) is 22.6 Å². The Hall–Kier alpha value is -1.81. The average Bonchev–Trinajstić information content (AvgIpc) is 2.89. The normalized spacial score (nSPS) is 10.9. The van der Waals surface area contributed by atoms with Gasteiger partial charge in [0, 0.05) is 19.3 Å². The molecule has 1 heterocycles. The summed E-state index contributed by atoms with van der Waals surface area (Å²) < 4.78 is 6.84. The number of carbonyl (C=O) groups is 1. The summed E-state index contributed by atoms with van der Waals surface area (Å²) in [6, 6.07) is 8.42. The highest BCUT2D eigenvalue weighted by Gasteiger charge is 2.08. The Labute approximate surface area is 119 Å². The van der Waals surface area contributed by atoms with E-state index in [-0.39, 0.29) is 5.97 Å². The van der Waals surface area contributed by atoms with Crippen LogP contribution >= 0.6 is 0 Å². The van der Waals surface area contributed by atoms with Crippen LogP contribution in [0.25, 0.3) is 10.9 Å². The molecule has 0 saturated carbocycles. The predicted octanol–water partition coefficient (Wildman–Crippen LogP) is 2.70. The summed E-state index contributed by atoms with van der Waals surface area (Å²) in [7, 11) is 1.43. The van der Waals surface area contributed by atoms with Crippen LogP contribution in [0.5, 0.6) is 0 Å². The molecule has 2 rings (SSSR count). The standard InChI is InChI=1S/C16H22N2O2/c1-3-9-17-12-14-6-4-5-13-7-10-18(16(13)14)11-8-15(19)20-2/h4-7,10,17H,3,8-9,11-12H2,1-2H3. The molecule has 4 nitrogen and oxygen atoms in total. The van der Waals surface area contributed by atoms with Gasteiger partial charge in [0.25, 0.3) is 0 Å². The molecule has 0 unspecified atom stereocenters. The number of esters is 1. The van der Waals surface area contributed by atoms with Crippen molar-refractivity contribution >= 4 is 16.9 Å². The molecule has 0 aliphatic rings. The molecule has 0 saturated heterocycles. The zero-order valence-corrected chi connectivity index (χ0v) is 12.2. The Balaban J connectivity index is 2.19. The Kier molecular flexibility index (Phi) is 5.18. The highest BCUT2D eigenvalue weighted by atomic mass is 16.5. The number of hydrogen-bond acceptors (Lipinski definition) is 3. The molecule has 0 bridgehead atoms. The third-order valence-electron chi connectivity index (χ3n) is 3.40. The monoisotopic (exact) mass is 274 g/mol. The van der Waals surface area contributed by atoms with Gasteiger partial charge in [-0.05, 0) is 30.0 Å². The fourth-order valence-corrected chi connectivity index (χ4v) is 2.38. The zero-order chi connectivity index (χ0) is 14.4. The van der Waals surface area contributed by atoms with Crippen molar-refractivity contribution in [1.29, 1.82) is 0 Å². The number of aromatic nitrogens is 1. The Morgan fingerprint density at radius 2 is 2.20 bits per heavy atom. The maximum absolute atomic E-state index is 11.3. The average molecular weight is 274 g/mol. The number of benzene rings is 1. The smallest absolute Gasteiger partial charge is 0.307 e. The summed E-state index contributed by atoms with van der Waals surface area (Å²) in [6.45, 7) is 4.68. The van der Waals surface area contributed by atoms with E-state index in [2.05, 4.69) is 41.1 Å². The Bertz CT molecular complexity index is 575. The van der Waals surface area contributed by atoms with E-state index in [1.807, 2.05) is 6.20 Å². The van der Waals surface area contributed by atoms with Crippen LogP contribution in [0.3, 0.4) is 0 Å². The van der Waals surface area contributed by atoms with Crippen molar-refractivity contribution in [2.75, 3.05) is 13.7 Å². The van der Waals surface area contributed by atoms with E-state index in [1.54, 1.807) is 0 Å². The number of rotatable bonds is 7. The molecule has 1 N–H and O–H groups in total. The summed E-state index contributed by atoms with van der Waals surface area (Å²) in [6.07, 6.45) is 3.56. The van der Waals surface area contributed by atoms with Crippen LogP contribution in [-0.4, -0.2) is 24.2 Å². The molecule has 0 spiro atoms. The first-order chi connectivity index (χ1) is 9.76. The van der Waals surface area contributed by atoms with E-state index in [4.69, 9.17) is 4.74 Å². The maximum Gasteiger partial charge on any atom is 0.307 e. The third kappa shape index (κ3) is 3.39. The van der Waals surface area contributed by atoms with Crippen LogP contribution in [0, 0.1) is 0 Å². The second kappa shape index (κ2) is 7.10. The van der Waals surface area contributed by atoms with Crippen molar-refractivity contribution in [1.82, 2.24) is 9.88 Å². The van der Waals surface area contributed by atoms with Gasteiger partial charge in [0.1, 0.15) is 0 Å². The minimum Gasteiger partial charge on any atom is -0.469 e. The number of hydrogen-bond donors (Lipinski definition) is 1. The molecule has 0 fully saturated rings. The molecule has 2 aromatic rings. The minimum absolute atomic E-state index is 0.173. The number of fused-ring (bicyclic) bond motifs is 1. The van der Waals surface area contributed by atoms with E-state index in [9.17, 15) is 4.79 Å². The van der Waals surface area contributed by atoms with Gasteiger partial charge in [-0.3, -0.25) is 4.79 Å². The highest BCUT2D eigenvalue weighted by molar-refractivity contribution is 5.83. The van der Waals surface area contributed by atoms with Crippen molar-refractivity contribution in [3.63, 3.8) is 0 Å². The van der Waals surface area contributed by atoms with Crippen molar-refractivity contribution < 1.29 is 9.53 Å². The second-order valence-corrected chi connectivity index (χ2v) is 4.87. The number of ether oxygens (including phenoxy) is 1. The topological polar surface area (TPSA) is 43.3 Å². The Morgan fingerprint density at radius 3 is 2.95 bits per heavy atom. The van der Waals surface area contributed by atoms with Crippen LogP contribution in [0.1, 0.15) is 25.3 Å². The number of nitrogens with zero attached hydrogens (tertiary/aromatic N) is 1.